The first-order valence-electron chi connectivity index (χ1n) is 6.72. The molecule has 0 aliphatic carbocycles. The van der Waals surface area contributed by atoms with Crippen LogP contribution >= 0.6 is 0 Å². The summed E-state index contributed by atoms with van der Waals surface area (Å²) in [6, 6.07) is 11.3. The molecule has 1 N–H and O–H groups in total. The minimum Gasteiger partial charge on any atom is -0.334 e. The van der Waals surface area contributed by atoms with E-state index in [0.717, 1.165) is 10.9 Å². The van der Waals surface area contributed by atoms with Crippen LogP contribution in [0, 0.1) is 11.3 Å². The molecule has 20 heavy (non-hydrogen) atoms. The van der Waals surface area contributed by atoms with Gasteiger partial charge in [-0.1, -0.05) is 19.9 Å². The molecule has 0 saturated heterocycles. The average Bonchev–Trinajstić information content (AvgIpc) is 2.52. The zero-order valence-electron chi connectivity index (χ0n) is 11.7. The Hall–Kier alpha value is -2.41. The van der Waals surface area contributed by atoms with Gasteiger partial charge in [-0.05, 0) is 37.1 Å². The maximum Gasteiger partial charge on any atom is 0.252 e. The molecule has 102 valence electrons. The molecule has 4 nitrogen and oxygen atoms in total. The summed E-state index contributed by atoms with van der Waals surface area (Å²) in [7, 11) is 0. The third kappa shape index (κ3) is 2.62. The number of hydrogen-bond acceptors (Lipinski definition) is 3. The van der Waals surface area contributed by atoms with Crippen LogP contribution in [-0.4, -0.2) is 16.4 Å². The van der Waals surface area contributed by atoms with Crippen molar-refractivity contribution in [1.29, 1.82) is 5.26 Å². The Labute approximate surface area is 118 Å². The van der Waals surface area contributed by atoms with E-state index >= 15 is 0 Å². The Bertz CT molecular complexity index is 669. The average molecular weight is 267 g/mol. The van der Waals surface area contributed by atoms with Crippen LogP contribution < -0.4 is 5.32 Å². The van der Waals surface area contributed by atoms with Crippen LogP contribution in [0.25, 0.3) is 10.9 Å². The Kier molecular flexibility index (Phi) is 3.99. The lowest BCUT2D eigenvalue weighted by Gasteiger charge is -2.24. The Morgan fingerprint density at radius 3 is 2.75 bits per heavy atom. The first-order valence-corrected chi connectivity index (χ1v) is 6.72. The van der Waals surface area contributed by atoms with Crippen molar-refractivity contribution in [3.63, 3.8) is 0 Å². The monoisotopic (exact) mass is 267 g/mol. The van der Waals surface area contributed by atoms with E-state index in [0.29, 0.717) is 18.4 Å². The fourth-order valence-corrected chi connectivity index (χ4v) is 2.12. The maximum atomic E-state index is 12.3. The van der Waals surface area contributed by atoms with Gasteiger partial charge >= 0.3 is 0 Å². The zero-order chi connectivity index (χ0) is 14.6. The number of aromatic nitrogens is 1. The third-order valence-corrected chi connectivity index (χ3v) is 3.64. The maximum absolute atomic E-state index is 12.3. The van der Waals surface area contributed by atoms with Crippen molar-refractivity contribution in [1.82, 2.24) is 10.3 Å². The van der Waals surface area contributed by atoms with Gasteiger partial charge in [0.1, 0.15) is 5.54 Å². The first-order chi connectivity index (χ1) is 9.64. The van der Waals surface area contributed by atoms with E-state index in [1.54, 1.807) is 18.3 Å². The highest BCUT2D eigenvalue weighted by Gasteiger charge is 2.28. The van der Waals surface area contributed by atoms with Gasteiger partial charge in [0.25, 0.3) is 5.91 Å². The highest BCUT2D eigenvalue weighted by molar-refractivity contribution is 5.98. The van der Waals surface area contributed by atoms with Gasteiger partial charge in [-0.15, -0.1) is 0 Å². The van der Waals surface area contributed by atoms with Crippen LogP contribution in [0.15, 0.2) is 36.5 Å². The van der Waals surface area contributed by atoms with Crippen molar-refractivity contribution >= 4 is 16.8 Å². The van der Waals surface area contributed by atoms with Crippen molar-refractivity contribution in [3.05, 3.63) is 42.1 Å². The Morgan fingerprint density at radius 2 is 2.10 bits per heavy atom. The lowest BCUT2D eigenvalue weighted by Crippen LogP contribution is -2.46. The van der Waals surface area contributed by atoms with Crippen LogP contribution in [0.3, 0.4) is 0 Å². The quantitative estimate of drug-likeness (QED) is 0.925. The van der Waals surface area contributed by atoms with Crippen LogP contribution in [0.1, 0.15) is 37.0 Å². The SMILES string of the molecule is CCC(C#N)(CC)NC(=O)c1ccc2ncccc2c1. The molecule has 0 aliphatic rings. The smallest absolute Gasteiger partial charge is 0.252 e. The molecule has 1 amide bonds. The largest absolute Gasteiger partial charge is 0.334 e. The summed E-state index contributed by atoms with van der Waals surface area (Å²) in [6.45, 7) is 3.80. The number of hydrogen-bond donors (Lipinski definition) is 1. The molecule has 0 aliphatic heterocycles. The number of rotatable bonds is 4. The van der Waals surface area contributed by atoms with Gasteiger partial charge in [0.2, 0.25) is 0 Å². The Morgan fingerprint density at radius 1 is 1.35 bits per heavy atom. The fourth-order valence-electron chi connectivity index (χ4n) is 2.12. The van der Waals surface area contributed by atoms with E-state index in [4.69, 9.17) is 0 Å². The van der Waals surface area contributed by atoms with Crippen LogP contribution in [-0.2, 0) is 0 Å². The summed E-state index contributed by atoms with van der Waals surface area (Å²) >= 11 is 0. The standard InChI is InChI=1S/C16H17N3O/c1-3-16(4-2,11-17)19-15(20)13-7-8-14-12(10-13)6-5-9-18-14/h5-10H,3-4H2,1-2H3,(H,19,20). The number of nitriles is 1. The number of pyridine rings is 1. The van der Waals surface area contributed by atoms with E-state index in [-0.39, 0.29) is 5.91 Å². The first kappa shape index (κ1) is 14.0. The number of carbonyl (C=O) groups is 1. The summed E-state index contributed by atoms with van der Waals surface area (Å²) in [4.78, 5) is 16.5. The van der Waals surface area contributed by atoms with E-state index < -0.39 is 5.54 Å². The summed E-state index contributed by atoms with van der Waals surface area (Å²) < 4.78 is 0. The molecule has 1 aromatic carbocycles. The molecule has 0 radical (unpaired) electrons. The summed E-state index contributed by atoms with van der Waals surface area (Å²) in [5.41, 5.74) is 0.606. The van der Waals surface area contributed by atoms with Gasteiger partial charge in [0, 0.05) is 17.1 Å². The minimum atomic E-state index is -0.791. The van der Waals surface area contributed by atoms with Gasteiger partial charge < -0.3 is 5.32 Å². The number of benzene rings is 1. The minimum absolute atomic E-state index is 0.221. The zero-order valence-corrected chi connectivity index (χ0v) is 11.7. The summed E-state index contributed by atoms with van der Waals surface area (Å²) in [6.07, 6.45) is 2.89. The highest BCUT2D eigenvalue weighted by atomic mass is 16.1. The highest BCUT2D eigenvalue weighted by Crippen LogP contribution is 2.17. The molecule has 1 aromatic heterocycles. The van der Waals surface area contributed by atoms with Crippen LogP contribution in [0.4, 0.5) is 0 Å². The van der Waals surface area contributed by atoms with Crippen LogP contribution in [0.5, 0.6) is 0 Å². The molecular formula is C16H17N3O. The van der Waals surface area contributed by atoms with Crippen molar-refractivity contribution < 1.29 is 4.79 Å². The predicted molar refractivity (Wildman–Crippen MR) is 78.1 cm³/mol. The molecule has 0 saturated carbocycles. The lowest BCUT2D eigenvalue weighted by molar-refractivity contribution is 0.0915. The van der Waals surface area contributed by atoms with Gasteiger partial charge in [-0.3, -0.25) is 9.78 Å². The van der Waals surface area contributed by atoms with Crippen molar-refractivity contribution in [2.75, 3.05) is 0 Å². The van der Waals surface area contributed by atoms with E-state index in [1.807, 2.05) is 32.0 Å². The van der Waals surface area contributed by atoms with Crippen molar-refractivity contribution in [2.45, 2.75) is 32.2 Å². The topological polar surface area (TPSA) is 65.8 Å². The number of carbonyl (C=O) groups excluding carboxylic acids is 1. The molecule has 0 unspecified atom stereocenters. The molecule has 2 aromatic rings. The molecule has 0 spiro atoms. The molecule has 0 atom stereocenters. The molecule has 2 rings (SSSR count). The molecule has 0 fully saturated rings. The van der Waals surface area contributed by atoms with Gasteiger partial charge in [-0.25, -0.2) is 0 Å². The summed E-state index contributed by atoms with van der Waals surface area (Å²) in [5, 5.41) is 13.0. The molecular weight excluding hydrogens is 250 g/mol. The second-order valence-electron chi connectivity index (χ2n) is 4.77. The normalized spacial score (nSPS) is 11.1. The van der Waals surface area contributed by atoms with Crippen molar-refractivity contribution in [3.8, 4) is 6.07 Å². The van der Waals surface area contributed by atoms with E-state index in [9.17, 15) is 10.1 Å². The predicted octanol–water partition coefficient (Wildman–Crippen LogP) is 3.05. The van der Waals surface area contributed by atoms with Crippen LogP contribution in [0.2, 0.25) is 0 Å². The second-order valence-corrected chi connectivity index (χ2v) is 4.77. The number of nitrogens with zero attached hydrogens (tertiary/aromatic N) is 2. The Balaban J connectivity index is 2.30. The molecule has 4 heteroatoms. The van der Waals surface area contributed by atoms with Gasteiger partial charge in [-0.2, -0.15) is 5.26 Å². The lowest BCUT2D eigenvalue weighted by atomic mass is 9.94. The summed E-state index contributed by atoms with van der Waals surface area (Å²) in [5.74, 6) is -0.221. The number of fused-ring (bicyclic) bond motifs is 1. The van der Waals surface area contributed by atoms with E-state index in [1.165, 1.54) is 0 Å². The number of nitrogens with one attached hydrogen (secondary N) is 1. The third-order valence-electron chi connectivity index (χ3n) is 3.64. The second kappa shape index (κ2) is 5.70. The fraction of sp³-hybridized carbons (Fsp3) is 0.312. The molecule has 1 heterocycles. The van der Waals surface area contributed by atoms with E-state index in [2.05, 4.69) is 16.4 Å². The number of amides is 1. The van der Waals surface area contributed by atoms with Crippen molar-refractivity contribution in [2.24, 2.45) is 0 Å². The van der Waals surface area contributed by atoms with Gasteiger partial charge in [0.05, 0.1) is 11.6 Å². The molecule has 0 bridgehead atoms. The van der Waals surface area contributed by atoms with Gasteiger partial charge in [0.15, 0.2) is 0 Å².